The highest BCUT2D eigenvalue weighted by atomic mass is 16.1. The quantitative estimate of drug-likeness (QED) is 0.887. The van der Waals surface area contributed by atoms with Crippen LogP contribution in [0.3, 0.4) is 0 Å². The van der Waals surface area contributed by atoms with Crippen molar-refractivity contribution in [1.29, 1.82) is 5.26 Å². The lowest BCUT2D eigenvalue weighted by Crippen LogP contribution is -2.31. The summed E-state index contributed by atoms with van der Waals surface area (Å²) in [6.45, 7) is 4.20. The number of pyridine rings is 1. The summed E-state index contributed by atoms with van der Waals surface area (Å²) in [5.74, 6) is -0.539. The Morgan fingerprint density at radius 2 is 2.05 bits per heavy atom. The largest absolute Gasteiger partial charge is 0.382 e. The van der Waals surface area contributed by atoms with Crippen LogP contribution in [0.4, 0.5) is 0 Å². The molecule has 19 heavy (non-hydrogen) atoms. The summed E-state index contributed by atoms with van der Waals surface area (Å²) in [5, 5.41) is 11.8. The summed E-state index contributed by atoms with van der Waals surface area (Å²) in [6, 6.07) is 4.80. The highest BCUT2D eigenvalue weighted by molar-refractivity contribution is 6.25. The van der Waals surface area contributed by atoms with Gasteiger partial charge in [0.1, 0.15) is 17.5 Å². The molecule has 1 heterocycles. The van der Waals surface area contributed by atoms with E-state index in [-0.39, 0.29) is 28.5 Å². The van der Waals surface area contributed by atoms with Gasteiger partial charge >= 0.3 is 0 Å². The van der Waals surface area contributed by atoms with E-state index in [1.807, 2.05) is 13.0 Å². The zero-order valence-electron chi connectivity index (χ0n) is 10.8. The van der Waals surface area contributed by atoms with Crippen LogP contribution in [0.25, 0.3) is 0 Å². The molecule has 0 spiro atoms. The van der Waals surface area contributed by atoms with Gasteiger partial charge in [0.05, 0.1) is 11.3 Å². The average molecular weight is 255 g/mol. The zero-order chi connectivity index (χ0) is 14.0. The number of allylic oxidation sites excluding steroid dienone is 2. The molecule has 96 valence electrons. The third-order valence-electron chi connectivity index (χ3n) is 2.96. The van der Waals surface area contributed by atoms with E-state index in [4.69, 9.17) is 5.26 Å². The lowest BCUT2D eigenvalue weighted by atomic mass is 9.91. The second kappa shape index (κ2) is 5.02. The van der Waals surface area contributed by atoms with Gasteiger partial charge in [0.25, 0.3) is 0 Å². The predicted octanol–water partition coefficient (Wildman–Crippen LogP) is 1.61. The van der Waals surface area contributed by atoms with Crippen molar-refractivity contribution in [2.45, 2.75) is 20.3 Å². The summed E-state index contributed by atoms with van der Waals surface area (Å²) in [4.78, 5) is 28.4. The number of Topliss-reactive ketones (excluding diaryl/α,β-unsaturated/α-hetero) is 2. The Morgan fingerprint density at radius 3 is 2.68 bits per heavy atom. The number of carbonyl (C=O) groups is 2. The summed E-state index contributed by atoms with van der Waals surface area (Å²) in [5.41, 5.74) is 1.16. The molecule has 0 saturated heterocycles. The smallest absolute Gasteiger partial charge is 0.228 e. The van der Waals surface area contributed by atoms with Gasteiger partial charge in [-0.05, 0) is 25.5 Å². The van der Waals surface area contributed by atoms with Gasteiger partial charge in [-0.2, -0.15) is 5.26 Å². The Labute approximate surface area is 111 Å². The molecule has 0 aliphatic heterocycles. The molecule has 1 N–H and O–H groups in total. The molecule has 0 fully saturated rings. The molecule has 0 bridgehead atoms. The molecule has 1 aromatic rings. The first-order valence-electron chi connectivity index (χ1n) is 6.05. The lowest BCUT2D eigenvalue weighted by molar-refractivity contribution is 0.0964. The first-order chi connectivity index (χ1) is 9.10. The van der Waals surface area contributed by atoms with Gasteiger partial charge in [0.15, 0.2) is 5.78 Å². The minimum atomic E-state index is -0.322. The molecule has 1 aliphatic carbocycles. The predicted molar refractivity (Wildman–Crippen MR) is 68.6 cm³/mol. The van der Waals surface area contributed by atoms with Crippen LogP contribution in [0.5, 0.6) is 0 Å². The number of nitrogens with zero attached hydrogens (tertiary/aromatic N) is 2. The molecule has 0 amide bonds. The molecule has 0 radical (unpaired) electrons. The standard InChI is InChI=1S/C14H13N3O2/c1-3-6-16-11-8(2)13(18)10-5-4-9(7-15)17-12(10)14(11)19/h4-5,16H,3,6H2,1-2H3. The van der Waals surface area contributed by atoms with Crippen LogP contribution in [-0.4, -0.2) is 23.1 Å². The molecule has 5 heteroatoms. The Kier molecular flexibility index (Phi) is 3.43. The van der Waals surface area contributed by atoms with Gasteiger partial charge in [0.2, 0.25) is 5.78 Å². The number of fused-ring (bicyclic) bond motifs is 1. The van der Waals surface area contributed by atoms with Crippen molar-refractivity contribution in [2.75, 3.05) is 6.54 Å². The Bertz CT molecular complexity index is 639. The normalized spacial score (nSPS) is 14.2. The molecule has 1 aromatic heterocycles. The molecule has 0 atom stereocenters. The third-order valence-corrected chi connectivity index (χ3v) is 2.96. The van der Waals surface area contributed by atoms with E-state index in [9.17, 15) is 9.59 Å². The van der Waals surface area contributed by atoms with E-state index in [1.54, 1.807) is 6.92 Å². The second-order valence-electron chi connectivity index (χ2n) is 4.29. The van der Waals surface area contributed by atoms with Crippen LogP contribution in [0.1, 0.15) is 46.8 Å². The van der Waals surface area contributed by atoms with Crippen molar-refractivity contribution in [1.82, 2.24) is 10.3 Å². The topological polar surface area (TPSA) is 82.8 Å². The second-order valence-corrected chi connectivity index (χ2v) is 4.29. The number of carbonyl (C=O) groups excluding carboxylic acids is 2. The Balaban J connectivity index is 2.52. The van der Waals surface area contributed by atoms with Gasteiger partial charge in [-0.3, -0.25) is 9.59 Å². The molecular formula is C14H13N3O2. The van der Waals surface area contributed by atoms with Crippen LogP contribution >= 0.6 is 0 Å². The van der Waals surface area contributed by atoms with Crippen molar-refractivity contribution in [2.24, 2.45) is 0 Å². The molecule has 0 unspecified atom stereocenters. The van der Waals surface area contributed by atoms with E-state index >= 15 is 0 Å². The maximum Gasteiger partial charge on any atom is 0.228 e. The highest BCUT2D eigenvalue weighted by Crippen LogP contribution is 2.23. The number of hydrogen-bond acceptors (Lipinski definition) is 5. The van der Waals surface area contributed by atoms with Crippen LogP contribution in [-0.2, 0) is 0 Å². The fourth-order valence-corrected chi connectivity index (χ4v) is 1.94. The maximum atomic E-state index is 12.3. The first kappa shape index (κ1) is 13.0. The Morgan fingerprint density at radius 1 is 1.32 bits per heavy atom. The van der Waals surface area contributed by atoms with Crippen molar-refractivity contribution < 1.29 is 9.59 Å². The maximum absolute atomic E-state index is 12.3. The van der Waals surface area contributed by atoms with Crippen molar-refractivity contribution in [3.8, 4) is 6.07 Å². The zero-order valence-corrected chi connectivity index (χ0v) is 10.8. The minimum Gasteiger partial charge on any atom is -0.382 e. The molecule has 5 nitrogen and oxygen atoms in total. The van der Waals surface area contributed by atoms with Gasteiger partial charge in [0, 0.05) is 12.1 Å². The highest BCUT2D eigenvalue weighted by Gasteiger charge is 2.31. The number of nitriles is 1. The van der Waals surface area contributed by atoms with Crippen molar-refractivity contribution in [3.05, 3.63) is 40.4 Å². The van der Waals surface area contributed by atoms with Gasteiger partial charge in [-0.25, -0.2) is 4.98 Å². The fraction of sp³-hybridized carbons (Fsp3) is 0.286. The van der Waals surface area contributed by atoms with E-state index < -0.39 is 0 Å². The third kappa shape index (κ3) is 2.13. The van der Waals surface area contributed by atoms with Gasteiger partial charge in [-0.1, -0.05) is 6.92 Å². The molecule has 1 aliphatic rings. The van der Waals surface area contributed by atoms with E-state index in [0.717, 1.165) is 6.42 Å². The summed E-state index contributed by atoms with van der Waals surface area (Å²) >= 11 is 0. The number of nitrogens with one attached hydrogen (secondary N) is 1. The van der Waals surface area contributed by atoms with E-state index in [1.165, 1.54) is 12.1 Å². The molecular weight excluding hydrogens is 242 g/mol. The number of rotatable bonds is 3. The minimum absolute atomic E-state index is 0.0632. The lowest BCUT2D eigenvalue weighted by Gasteiger charge is -2.19. The van der Waals surface area contributed by atoms with E-state index in [2.05, 4.69) is 10.3 Å². The summed E-state index contributed by atoms with van der Waals surface area (Å²) in [6.07, 6.45) is 0.844. The molecule has 0 saturated carbocycles. The van der Waals surface area contributed by atoms with E-state index in [0.29, 0.717) is 17.8 Å². The van der Waals surface area contributed by atoms with Crippen LogP contribution in [0, 0.1) is 11.3 Å². The fourth-order valence-electron chi connectivity index (χ4n) is 1.94. The Hall–Kier alpha value is -2.48. The van der Waals surface area contributed by atoms with Crippen LogP contribution < -0.4 is 5.32 Å². The molecule has 2 rings (SSSR count). The number of aromatic nitrogens is 1. The average Bonchev–Trinajstić information content (AvgIpc) is 2.44. The summed E-state index contributed by atoms with van der Waals surface area (Å²) < 4.78 is 0. The van der Waals surface area contributed by atoms with Crippen molar-refractivity contribution >= 4 is 11.6 Å². The van der Waals surface area contributed by atoms with Gasteiger partial charge in [-0.15, -0.1) is 0 Å². The monoisotopic (exact) mass is 255 g/mol. The van der Waals surface area contributed by atoms with Crippen LogP contribution in [0.15, 0.2) is 23.4 Å². The number of ketones is 2. The first-order valence-corrected chi connectivity index (χ1v) is 6.05. The van der Waals surface area contributed by atoms with Crippen LogP contribution in [0.2, 0.25) is 0 Å². The van der Waals surface area contributed by atoms with Gasteiger partial charge < -0.3 is 5.32 Å². The van der Waals surface area contributed by atoms with Crippen molar-refractivity contribution in [3.63, 3.8) is 0 Å². The summed E-state index contributed by atoms with van der Waals surface area (Å²) in [7, 11) is 0. The number of hydrogen-bond donors (Lipinski definition) is 1. The SMILES string of the molecule is CCCNC1=C(C)C(=O)c2ccc(C#N)nc2C1=O. The molecule has 0 aromatic carbocycles.